The van der Waals surface area contributed by atoms with E-state index in [1.807, 2.05) is 0 Å². The molecule has 0 aliphatic carbocycles. The number of anilines is 1. The van der Waals surface area contributed by atoms with Gasteiger partial charge in [0, 0.05) is 16.0 Å². The lowest BCUT2D eigenvalue weighted by Crippen LogP contribution is -2.13. The Labute approximate surface area is 129 Å². The maximum absolute atomic E-state index is 13.2. The van der Waals surface area contributed by atoms with E-state index >= 15 is 0 Å². The molecule has 6 heteroatoms. The Bertz CT molecular complexity index is 889. The number of hydrogen-bond acceptors (Lipinski definition) is 3. The normalized spacial score (nSPS) is 10.6. The molecule has 4 nitrogen and oxygen atoms in total. The van der Waals surface area contributed by atoms with Crippen LogP contribution < -0.4 is 11.1 Å². The highest BCUT2D eigenvalue weighted by atomic mass is 32.1. The summed E-state index contributed by atoms with van der Waals surface area (Å²) in [6, 6.07) is 12.4. The Hall–Kier alpha value is -2.73. The molecule has 0 bridgehead atoms. The molecular weight excluding hydrogens is 303 g/mol. The van der Waals surface area contributed by atoms with Crippen LogP contribution in [0.15, 0.2) is 48.5 Å². The summed E-state index contributed by atoms with van der Waals surface area (Å²) in [6.45, 7) is 0. The number of thiophene rings is 1. The maximum atomic E-state index is 13.2. The van der Waals surface area contributed by atoms with Gasteiger partial charge in [-0.25, -0.2) is 4.39 Å². The van der Waals surface area contributed by atoms with Crippen LogP contribution in [0.1, 0.15) is 20.0 Å². The van der Waals surface area contributed by atoms with Gasteiger partial charge in [-0.3, -0.25) is 9.59 Å². The van der Waals surface area contributed by atoms with Gasteiger partial charge in [0.15, 0.2) is 0 Å². The minimum atomic E-state index is -0.562. The first-order chi connectivity index (χ1) is 10.5. The van der Waals surface area contributed by atoms with E-state index in [9.17, 15) is 14.0 Å². The van der Waals surface area contributed by atoms with Crippen molar-refractivity contribution in [2.75, 3.05) is 5.32 Å². The first-order valence-electron chi connectivity index (χ1n) is 6.43. The standard InChI is InChI=1S/C16H11FN2O2S/c17-11-4-5-13-10(6-11)8-14(22-13)16(21)19-12-3-1-2-9(7-12)15(18)20/h1-8H,(H2,18,20)(H,19,21). The number of carbonyl (C=O) groups is 2. The fraction of sp³-hybridized carbons (Fsp3) is 0. The molecule has 0 spiro atoms. The molecule has 3 aromatic rings. The van der Waals surface area contributed by atoms with Crippen molar-refractivity contribution < 1.29 is 14.0 Å². The first kappa shape index (κ1) is 14.2. The smallest absolute Gasteiger partial charge is 0.265 e. The summed E-state index contributed by atoms with van der Waals surface area (Å²) in [5, 5.41) is 3.38. The van der Waals surface area contributed by atoms with Gasteiger partial charge in [-0.15, -0.1) is 11.3 Å². The van der Waals surface area contributed by atoms with Crippen molar-refractivity contribution in [3.63, 3.8) is 0 Å². The lowest BCUT2D eigenvalue weighted by molar-refractivity contribution is 0.0996. The van der Waals surface area contributed by atoms with Crippen LogP contribution in [0.5, 0.6) is 0 Å². The SMILES string of the molecule is NC(=O)c1cccc(NC(=O)c2cc3cc(F)ccc3s2)c1. The van der Waals surface area contributed by atoms with Crippen molar-refractivity contribution in [2.45, 2.75) is 0 Å². The summed E-state index contributed by atoms with van der Waals surface area (Å²) in [5.41, 5.74) is 6.00. The molecule has 2 aromatic carbocycles. The number of nitrogens with one attached hydrogen (secondary N) is 1. The van der Waals surface area contributed by atoms with Crippen molar-refractivity contribution in [1.29, 1.82) is 0 Å². The molecule has 0 aliphatic rings. The summed E-state index contributed by atoms with van der Waals surface area (Å²) >= 11 is 1.27. The number of amides is 2. The fourth-order valence-electron chi connectivity index (χ4n) is 2.07. The molecule has 1 heterocycles. The van der Waals surface area contributed by atoms with E-state index in [0.717, 1.165) is 4.70 Å². The molecule has 0 aliphatic heterocycles. The summed E-state index contributed by atoms with van der Waals surface area (Å²) < 4.78 is 14.0. The Morgan fingerprint density at radius 2 is 1.91 bits per heavy atom. The number of nitrogens with two attached hydrogens (primary N) is 1. The van der Waals surface area contributed by atoms with Gasteiger partial charge in [-0.1, -0.05) is 6.07 Å². The van der Waals surface area contributed by atoms with Crippen LogP contribution in [0.3, 0.4) is 0 Å². The number of benzene rings is 2. The van der Waals surface area contributed by atoms with E-state index in [1.165, 1.54) is 29.5 Å². The topological polar surface area (TPSA) is 72.2 Å². The molecule has 0 fully saturated rings. The van der Waals surface area contributed by atoms with E-state index in [2.05, 4.69) is 5.32 Å². The van der Waals surface area contributed by atoms with Gasteiger partial charge in [0.25, 0.3) is 5.91 Å². The number of rotatable bonds is 3. The van der Waals surface area contributed by atoms with Crippen LogP contribution >= 0.6 is 11.3 Å². The third-order valence-corrected chi connectivity index (χ3v) is 4.22. The van der Waals surface area contributed by atoms with Gasteiger partial charge in [0.2, 0.25) is 5.91 Å². The molecule has 2 amide bonds. The van der Waals surface area contributed by atoms with Gasteiger partial charge in [0.05, 0.1) is 4.88 Å². The minimum Gasteiger partial charge on any atom is -0.366 e. The van der Waals surface area contributed by atoms with E-state index < -0.39 is 5.91 Å². The minimum absolute atomic E-state index is 0.316. The largest absolute Gasteiger partial charge is 0.366 e. The molecular formula is C16H11FN2O2S. The Balaban J connectivity index is 1.86. The Morgan fingerprint density at radius 1 is 1.09 bits per heavy atom. The quantitative estimate of drug-likeness (QED) is 0.778. The molecule has 22 heavy (non-hydrogen) atoms. The predicted molar refractivity (Wildman–Crippen MR) is 84.7 cm³/mol. The number of fused-ring (bicyclic) bond motifs is 1. The second-order valence-corrected chi connectivity index (χ2v) is 5.78. The molecule has 0 atom stereocenters. The third-order valence-electron chi connectivity index (χ3n) is 3.11. The molecule has 110 valence electrons. The number of hydrogen-bond donors (Lipinski definition) is 2. The highest BCUT2D eigenvalue weighted by molar-refractivity contribution is 7.20. The summed E-state index contributed by atoms with van der Waals surface area (Å²) in [6.07, 6.45) is 0. The highest BCUT2D eigenvalue weighted by Gasteiger charge is 2.12. The zero-order valence-corrected chi connectivity index (χ0v) is 12.1. The van der Waals surface area contributed by atoms with E-state index in [-0.39, 0.29) is 11.7 Å². The molecule has 0 radical (unpaired) electrons. The number of halogens is 1. The lowest BCUT2D eigenvalue weighted by atomic mass is 10.2. The molecule has 0 saturated carbocycles. The summed E-state index contributed by atoms with van der Waals surface area (Å²) in [7, 11) is 0. The molecule has 1 aromatic heterocycles. The number of primary amides is 1. The lowest BCUT2D eigenvalue weighted by Gasteiger charge is -2.04. The zero-order valence-electron chi connectivity index (χ0n) is 11.3. The second kappa shape index (κ2) is 5.57. The number of carbonyl (C=O) groups excluding carboxylic acids is 2. The molecule has 3 N–H and O–H groups in total. The van der Waals surface area contributed by atoms with E-state index in [0.29, 0.717) is 21.5 Å². The Kier molecular flexibility index (Phi) is 3.60. The van der Waals surface area contributed by atoms with Crippen molar-refractivity contribution in [3.8, 4) is 0 Å². The average molecular weight is 314 g/mol. The third kappa shape index (κ3) is 2.82. The maximum Gasteiger partial charge on any atom is 0.265 e. The second-order valence-electron chi connectivity index (χ2n) is 4.69. The van der Waals surface area contributed by atoms with Crippen molar-refractivity contribution in [1.82, 2.24) is 0 Å². The van der Waals surface area contributed by atoms with Crippen molar-refractivity contribution >= 4 is 38.9 Å². The van der Waals surface area contributed by atoms with Crippen LogP contribution in [0.4, 0.5) is 10.1 Å². The fourth-order valence-corrected chi connectivity index (χ4v) is 3.01. The van der Waals surface area contributed by atoms with E-state index in [4.69, 9.17) is 5.73 Å². The summed E-state index contributed by atoms with van der Waals surface area (Å²) in [4.78, 5) is 23.8. The van der Waals surface area contributed by atoms with Crippen LogP contribution in [-0.4, -0.2) is 11.8 Å². The van der Waals surface area contributed by atoms with Gasteiger partial charge in [-0.05, 0) is 47.9 Å². The van der Waals surface area contributed by atoms with Crippen molar-refractivity contribution in [3.05, 3.63) is 64.8 Å². The molecule has 0 unspecified atom stereocenters. The molecule has 0 saturated heterocycles. The average Bonchev–Trinajstić information content (AvgIpc) is 2.90. The van der Waals surface area contributed by atoms with E-state index in [1.54, 1.807) is 30.3 Å². The first-order valence-corrected chi connectivity index (χ1v) is 7.25. The highest BCUT2D eigenvalue weighted by Crippen LogP contribution is 2.27. The molecule has 3 rings (SSSR count). The van der Waals surface area contributed by atoms with Gasteiger partial charge < -0.3 is 11.1 Å². The Morgan fingerprint density at radius 3 is 2.68 bits per heavy atom. The van der Waals surface area contributed by atoms with Gasteiger partial charge in [0.1, 0.15) is 5.82 Å². The van der Waals surface area contributed by atoms with Crippen LogP contribution in [0, 0.1) is 5.82 Å². The summed E-state index contributed by atoms with van der Waals surface area (Å²) in [5.74, 6) is -1.22. The zero-order chi connectivity index (χ0) is 15.7. The van der Waals surface area contributed by atoms with Crippen molar-refractivity contribution in [2.24, 2.45) is 5.73 Å². The monoisotopic (exact) mass is 314 g/mol. The van der Waals surface area contributed by atoms with Crippen LogP contribution in [0.25, 0.3) is 10.1 Å². The van der Waals surface area contributed by atoms with Gasteiger partial charge in [-0.2, -0.15) is 0 Å². The predicted octanol–water partition coefficient (Wildman–Crippen LogP) is 3.39. The van der Waals surface area contributed by atoms with Crippen LogP contribution in [0.2, 0.25) is 0 Å². The van der Waals surface area contributed by atoms with Crippen LogP contribution in [-0.2, 0) is 0 Å². The van der Waals surface area contributed by atoms with Gasteiger partial charge >= 0.3 is 0 Å².